The molecule has 2 aromatic carbocycles. The molecule has 0 aliphatic rings. The van der Waals surface area contributed by atoms with Gasteiger partial charge in [-0.25, -0.2) is 9.36 Å². The summed E-state index contributed by atoms with van der Waals surface area (Å²) in [6.45, 7) is 6.41. The van der Waals surface area contributed by atoms with E-state index >= 15 is 0 Å². The van der Waals surface area contributed by atoms with Gasteiger partial charge >= 0.3 is 0 Å². The Morgan fingerprint density at radius 2 is 1.45 bits per heavy atom. The highest BCUT2D eigenvalue weighted by molar-refractivity contribution is 5.80. The Bertz CT molecular complexity index is 1250. The zero-order valence-electron chi connectivity index (χ0n) is 19.0. The third-order valence-corrected chi connectivity index (χ3v) is 5.51. The molecule has 7 heteroatoms. The molecule has 2 aromatic heterocycles. The molecule has 168 valence electrons. The van der Waals surface area contributed by atoms with Crippen molar-refractivity contribution >= 4 is 5.91 Å². The molecule has 0 spiro atoms. The van der Waals surface area contributed by atoms with Gasteiger partial charge in [-0.3, -0.25) is 9.59 Å². The van der Waals surface area contributed by atoms with Crippen LogP contribution in [-0.2, 0) is 17.9 Å². The predicted molar refractivity (Wildman–Crippen MR) is 127 cm³/mol. The van der Waals surface area contributed by atoms with E-state index < -0.39 is 6.04 Å². The Labute approximate surface area is 192 Å². The number of carbonyl (C=O) groups excluding carboxylic acids is 1. The number of aromatic nitrogens is 4. The van der Waals surface area contributed by atoms with Gasteiger partial charge in [0, 0.05) is 24.8 Å². The molecule has 2 heterocycles. The van der Waals surface area contributed by atoms with Gasteiger partial charge < -0.3 is 4.90 Å². The highest BCUT2D eigenvalue weighted by Gasteiger charge is 2.25. The largest absolute Gasteiger partial charge is 0.332 e. The van der Waals surface area contributed by atoms with Crippen molar-refractivity contribution in [1.82, 2.24) is 24.5 Å². The summed E-state index contributed by atoms with van der Waals surface area (Å²) < 4.78 is 2.92. The van der Waals surface area contributed by atoms with E-state index in [2.05, 4.69) is 10.2 Å². The summed E-state index contributed by atoms with van der Waals surface area (Å²) in [6, 6.07) is 23.9. The first-order chi connectivity index (χ1) is 15.9. The highest BCUT2D eigenvalue weighted by atomic mass is 16.2. The molecule has 0 radical (unpaired) electrons. The molecule has 0 N–H and O–H groups in total. The fourth-order valence-corrected chi connectivity index (χ4v) is 3.85. The van der Waals surface area contributed by atoms with Crippen molar-refractivity contribution in [3.8, 4) is 5.82 Å². The second-order valence-corrected chi connectivity index (χ2v) is 8.15. The lowest BCUT2D eigenvalue weighted by Gasteiger charge is -2.26. The van der Waals surface area contributed by atoms with E-state index in [0.717, 1.165) is 22.5 Å². The van der Waals surface area contributed by atoms with Crippen LogP contribution in [-0.4, -0.2) is 30.4 Å². The minimum atomic E-state index is -0.776. The maximum atomic E-state index is 13.6. The van der Waals surface area contributed by atoms with Crippen LogP contribution in [0.1, 0.15) is 35.5 Å². The molecule has 1 unspecified atom stereocenters. The van der Waals surface area contributed by atoms with Gasteiger partial charge in [-0.15, -0.1) is 5.10 Å². The zero-order chi connectivity index (χ0) is 23.4. The van der Waals surface area contributed by atoms with Crippen molar-refractivity contribution in [3.63, 3.8) is 0 Å². The highest BCUT2D eigenvalue weighted by Crippen LogP contribution is 2.16. The van der Waals surface area contributed by atoms with Gasteiger partial charge in [0.05, 0.1) is 5.69 Å². The fourth-order valence-electron chi connectivity index (χ4n) is 3.85. The second-order valence-electron chi connectivity index (χ2n) is 8.15. The number of rotatable bonds is 7. The lowest BCUT2D eigenvalue weighted by Crippen LogP contribution is -2.39. The van der Waals surface area contributed by atoms with Crippen LogP contribution in [0.5, 0.6) is 0 Å². The van der Waals surface area contributed by atoms with E-state index in [1.54, 1.807) is 22.6 Å². The van der Waals surface area contributed by atoms with Gasteiger partial charge in [-0.05, 0) is 44.0 Å². The first kappa shape index (κ1) is 22.2. The van der Waals surface area contributed by atoms with E-state index in [9.17, 15) is 9.59 Å². The first-order valence-electron chi connectivity index (χ1n) is 10.9. The number of hydrogen-bond acceptors (Lipinski definition) is 4. The van der Waals surface area contributed by atoms with Crippen molar-refractivity contribution in [2.75, 3.05) is 0 Å². The Morgan fingerprint density at radius 3 is 1.97 bits per heavy atom. The van der Waals surface area contributed by atoms with Crippen LogP contribution >= 0.6 is 0 Å². The monoisotopic (exact) mass is 441 g/mol. The third kappa shape index (κ3) is 5.09. The summed E-state index contributed by atoms with van der Waals surface area (Å²) in [7, 11) is 0. The molecule has 7 nitrogen and oxygen atoms in total. The number of carbonyl (C=O) groups is 1. The van der Waals surface area contributed by atoms with Crippen LogP contribution in [0, 0.1) is 13.8 Å². The van der Waals surface area contributed by atoms with Crippen molar-refractivity contribution in [2.24, 2.45) is 0 Å². The SMILES string of the molecule is Cc1cc(C)n(-c2ccc(=O)n(C(C)C(=O)N(Cc3ccccc3)Cc3ccccc3)n2)n1. The standard InChI is InChI=1S/C26H27N5O2/c1-19-16-20(2)30(27-19)24-14-15-25(32)31(28-24)21(3)26(33)29(17-22-10-6-4-7-11-22)18-23-12-8-5-9-13-23/h4-16,21H,17-18H2,1-3H3. The molecule has 0 aliphatic carbocycles. The van der Waals surface area contributed by atoms with Crippen LogP contribution in [0.15, 0.2) is 83.7 Å². The Hall–Kier alpha value is -4.00. The van der Waals surface area contributed by atoms with E-state index in [-0.39, 0.29) is 11.5 Å². The van der Waals surface area contributed by atoms with Gasteiger partial charge in [0.25, 0.3) is 5.56 Å². The molecule has 4 aromatic rings. The molecule has 0 aliphatic heterocycles. The van der Waals surface area contributed by atoms with E-state index in [4.69, 9.17) is 0 Å². The normalized spacial score (nSPS) is 11.8. The van der Waals surface area contributed by atoms with Crippen molar-refractivity contribution < 1.29 is 4.79 Å². The smallest absolute Gasteiger partial charge is 0.267 e. The molecule has 4 rings (SSSR count). The topological polar surface area (TPSA) is 73.0 Å². The Kier molecular flexibility index (Phi) is 6.49. The Balaban J connectivity index is 1.66. The maximum Gasteiger partial charge on any atom is 0.267 e. The van der Waals surface area contributed by atoms with Gasteiger partial charge in [0.15, 0.2) is 5.82 Å². The van der Waals surface area contributed by atoms with Gasteiger partial charge in [0.1, 0.15) is 6.04 Å². The molecule has 0 bridgehead atoms. The Morgan fingerprint density at radius 1 is 0.879 bits per heavy atom. The second kappa shape index (κ2) is 9.65. The average molecular weight is 442 g/mol. The van der Waals surface area contributed by atoms with E-state index in [1.807, 2.05) is 80.6 Å². The van der Waals surface area contributed by atoms with Crippen molar-refractivity contribution in [2.45, 2.75) is 39.9 Å². The van der Waals surface area contributed by atoms with E-state index in [1.165, 1.54) is 10.7 Å². The van der Waals surface area contributed by atoms with Gasteiger partial charge in [-0.2, -0.15) is 5.10 Å². The average Bonchev–Trinajstić information content (AvgIpc) is 3.17. The molecular formula is C26H27N5O2. The first-order valence-corrected chi connectivity index (χ1v) is 10.9. The predicted octanol–water partition coefficient (Wildman–Crippen LogP) is 3.84. The number of nitrogens with zero attached hydrogens (tertiary/aromatic N) is 5. The summed E-state index contributed by atoms with van der Waals surface area (Å²) in [5.41, 5.74) is 3.46. The van der Waals surface area contributed by atoms with Gasteiger partial charge in [0.2, 0.25) is 5.91 Å². The molecule has 1 atom stereocenters. The number of aryl methyl sites for hydroxylation is 2. The summed E-state index contributed by atoms with van der Waals surface area (Å²) >= 11 is 0. The molecule has 0 fully saturated rings. The fraction of sp³-hybridized carbons (Fsp3) is 0.231. The third-order valence-electron chi connectivity index (χ3n) is 5.51. The van der Waals surface area contributed by atoms with Crippen molar-refractivity contribution in [3.05, 3.63) is 112 Å². The summed E-state index contributed by atoms with van der Waals surface area (Å²) in [5.74, 6) is 0.320. The molecule has 33 heavy (non-hydrogen) atoms. The lowest BCUT2D eigenvalue weighted by molar-refractivity contribution is -0.136. The van der Waals surface area contributed by atoms with Crippen LogP contribution in [0.3, 0.4) is 0 Å². The number of amides is 1. The lowest BCUT2D eigenvalue weighted by atomic mass is 10.1. The zero-order valence-corrected chi connectivity index (χ0v) is 19.0. The van der Waals surface area contributed by atoms with Crippen LogP contribution < -0.4 is 5.56 Å². The number of benzene rings is 2. The molecular weight excluding hydrogens is 414 g/mol. The summed E-state index contributed by atoms with van der Waals surface area (Å²) in [6.07, 6.45) is 0. The molecule has 0 saturated carbocycles. The van der Waals surface area contributed by atoms with Crippen LogP contribution in [0.4, 0.5) is 0 Å². The minimum absolute atomic E-state index is 0.178. The number of hydrogen-bond donors (Lipinski definition) is 0. The minimum Gasteiger partial charge on any atom is -0.332 e. The van der Waals surface area contributed by atoms with E-state index in [0.29, 0.717) is 18.9 Å². The quantitative estimate of drug-likeness (QED) is 0.437. The molecule has 1 amide bonds. The summed E-state index contributed by atoms with van der Waals surface area (Å²) in [5, 5.41) is 8.94. The van der Waals surface area contributed by atoms with Crippen LogP contribution in [0.2, 0.25) is 0 Å². The van der Waals surface area contributed by atoms with Crippen molar-refractivity contribution in [1.29, 1.82) is 0 Å². The molecule has 0 saturated heterocycles. The maximum absolute atomic E-state index is 13.6. The summed E-state index contributed by atoms with van der Waals surface area (Å²) in [4.78, 5) is 28.1. The van der Waals surface area contributed by atoms with Crippen LogP contribution in [0.25, 0.3) is 5.82 Å². The van der Waals surface area contributed by atoms with Gasteiger partial charge in [-0.1, -0.05) is 60.7 Å².